The minimum Gasteiger partial charge on any atom is -0.422 e. The van der Waals surface area contributed by atoms with Gasteiger partial charge in [0, 0.05) is 30.2 Å². The first kappa shape index (κ1) is 17.4. The topological polar surface area (TPSA) is 59.2 Å². The number of anilines is 1. The van der Waals surface area contributed by atoms with Crippen LogP contribution in [-0.4, -0.2) is 22.7 Å². The number of hydrogen-bond acceptors (Lipinski definition) is 6. The number of aromatic nitrogens is 2. The van der Waals surface area contributed by atoms with Crippen LogP contribution in [0.2, 0.25) is 0 Å². The minimum atomic E-state index is -0.399. The van der Waals surface area contributed by atoms with E-state index in [9.17, 15) is 4.79 Å². The molecule has 136 valence electrons. The van der Waals surface area contributed by atoms with E-state index in [1.807, 2.05) is 48.5 Å². The highest BCUT2D eigenvalue weighted by Crippen LogP contribution is 2.33. The Morgan fingerprint density at radius 2 is 1.81 bits per heavy atom. The van der Waals surface area contributed by atoms with E-state index in [1.54, 1.807) is 0 Å². The lowest BCUT2D eigenvalue weighted by molar-refractivity contribution is 0.563. The molecule has 0 saturated heterocycles. The zero-order valence-electron chi connectivity index (χ0n) is 15.2. The van der Waals surface area contributed by atoms with E-state index < -0.39 is 5.63 Å². The lowest BCUT2D eigenvalue weighted by atomic mass is 10.1. The van der Waals surface area contributed by atoms with Crippen molar-refractivity contribution in [2.24, 2.45) is 0 Å². The summed E-state index contributed by atoms with van der Waals surface area (Å²) in [5, 5.41) is 5.07. The monoisotopic (exact) mass is 377 g/mol. The molecule has 6 heteroatoms. The summed E-state index contributed by atoms with van der Waals surface area (Å²) >= 11 is 1.28. The van der Waals surface area contributed by atoms with Crippen LogP contribution in [0.5, 0.6) is 0 Å². The fourth-order valence-corrected chi connectivity index (χ4v) is 3.88. The maximum absolute atomic E-state index is 12.7. The Morgan fingerprint density at radius 3 is 2.56 bits per heavy atom. The van der Waals surface area contributed by atoms with Gasteiger partial charge in [-0.2, -0.15) is 0 Å². The molecule has 4 rings (SSSR count). The summed E-state index contributed by atoms with van der Waals surface area (Å²) in [6, 6.07) is 17.6. The van der Waals surface area contributed by atoms with Crippen molar-refractivity contribution in [1.82, 2.24) is 9.59 Å². The number of fused-ring (bicyclic) bond motifs is 1. The highest BCUT2D eigenvalue weighted by molar-refractivity contribution is 7.09. The Hall–Kier alpha value is -2.99. The van der Waals surface area contributed by atoms with Crippen LogP contribution in [0.4, 0.5) is 5.69 Å². The largest absolute Gasteiger partial charge is 0.422 e. The summed E-state index contributed by atoms with van der Waals surface area (Å²) in [4.78, 5) is 15.8. The average molecular weight is 377 g/mol. The van der Waals surface area contributed by atoms with Crippen LogP contribution in [0.15, 0.2) is 63.8 Å². The van der Waals surface area contributed by atoms with Crippen LogP contribution in [-0.2, 0) is 0 Å². The second kappa shape index (κ2) is 7.32. The van der Waals surface area contributed by atoms with Gasteiger partial charge in [-0.15, -0.1) is 5.10 Å². The smallest absolute Gasteiger partial charge is 0.345 e. The molecule has 0 spiro atoms. The minimum absolute atomic E-state index is 0.399. The first-order valence-electron chi connectivity index (χ1n) is 8.92. The molecule has 0 aliphatic heterocycles. The Bertz CT molecular complexity index is 1130. The van der Waals surface area contributed by atoms with E-state index in [0.717, 1.165) is 34.6 Å². The fraction of sp³-hybridized carbons (Fsp3) is 0.190. The Kier molecular flexibility index (Phi) is 4.73. The molecule has 0 fully saturated rings. The van der Waals surface area contributed by atoms with Crippen molar-refractivity contribution in [2.75, 3.05) is 18.0 Å². The average Bonchev–Trinajstić information content (AvgIpc) is 3.18. The molecule has 27 heavy (non-hydrogen) atoms. The lowest BCUT2D eigenvalue weighted by Crippen LogP contribution is -2.21. The van der Waals surface area contributed by atoms with Gasteiger partial charge in [0.25, 0.3) is 0 Å². The van der Waals surface area contributed by atoms with Crippen molar-refractivity contribution in [3.63, 3.8) is 0 Å². The molecule has 0 aliphatic carbocycles. The van der Waals surface area contributed by atoms with Gasteiger partial charge in [-0.05, 0) is 49.1 Å². The third kappa shape index (κ3) is 3.24. The number of benzene rings is 2. The molecule has 5 nitrogen and oxygen atoms in total. The fourth-order valence-electron chi connectivity index (χ4n) is 3.20. The Balaban J connectivity index is 1.83. The number of rotatable bonds is 5. The van der Waals surface area contributed by atoms with Gasteiger partial charge in [0.05, 0.1) is 10.4 Å². The lowest BCUT2D eigenvalue weighted by Gasteiger charge is -2.21. The molecule has 0 amide bonds. The van der Waals surface area contributed by atoms with Gasteiger partial charge in [0.15, 0.2) is 0 Å². The summed E-state index contributed by atoms with van der Waals surface area (Å²) < 4.78 is 9.70. The highest BCUT2D eigenvalue weighted by atomic mass is 32.1. The van der Waals surface area contributed by atoms with Crippen molar-refractivity contribution in [1.29, 1.82) is 0 Å². The maximum Gasteiger partial charge on any atom is 0.345 e. The molecule has 2 heterocycles. The van der Waals surface area contributed by atoms with Gasteiger partial charge in [-0.3, -0.25) is 0 Å². The normalized spacial score (nSPS) is 11.0. The molecular formula is C21H19N3O2S. The van der Waals surface area contributed by atoms with Crippen LogP contribution in [0, 0.1) is 0 Å². The van der Waals surface area contributed by atoms with E-state index >= 15 is 0 Å². The zero-order chi connectivity index (χ0) is 18.8. The van der Waals surface area contributed by atoms with Crippen LogP contribution < -0.4 is 10.5 Å². The standard InChI is InChI=1S/C21H19N3O2S/c1-3-24(4-2)16-11-10-15-12-17(21(25)26-18(15)13-16)19-20(27-23-22-19)14-8-6-5-7-9-14/h5-13H,3-4H2,1-2H3. The SMILES string of the molecule is CCN(CC)c1ccc2cc(-c3nnsc3-c3ccccc3)c(=O)oc2c1. The van der Waals surface area contributed by atoms with Crippen LogP contribution in [0.25, 0.3) is 32.7 Å². The summed E-state index contributed by atoms with van der Waals surface area (Å²) in [5.41, 5.74) is 3.21. The third-order valence-corrected chi connectivity index (χ3v) is 5.40. The van der Waals surface area contributed by atoms with Crippen molar-refractivity contribution in [3.8, 4) is 21.7 Å². The zero-order valence-corrected chi connectivity index (χ0v) is 16.0. The van der Waals surface area contributed by atoms with Crippen LogP contribution in [0.1, 0.15) is 13.8 Å². The van der Waals surface area contributed by atoms with E-state index in [2.05, 4.69) is 34.4 Å². The molecule has 0 unspecified atom stereocenters. The molecule has 0 radical (unpaired) electrons. The summed E-state index contributed by atoms with van der Waals surface area (Å²) in [7, 11) is 0. The molecule has 2 aromatic carbocycles. The Labute approximate surface area is 161 Å². The Morgan fingerprint density at radius 1 is 1.04 bits per heavy atom. The van der Waals surface area contributed by atoms with Gasteiger partial charge in [-0.1, -0.05) is 34.8 Å². The molecule has 0 atom stereocenters. The van der Waals surface area contributed by atoms with Gasteiger partial charge in [-0.25, -0.2) is 4.79 Å². The first-order chi connectivity index (χ1) is 13.2. The van der Waals surface area contributed by atoms with Gasteiger partial charge in [0.2, 0.25) is 0 Å². The molecular weight excluding hydrogens is 358 g/mol. The second-order valence-electron chi connectivity index (χ2n) is 6.16. The third-order valence-electron chi connectivity index (χ3n) is 4.63. The van der Waals surface area contributed by atoms with Gasteiger partial charge < -0.3 is 9.32 Å². The summed E-state index contributed by atoms with van der Waals surface area (Å²) in [5.74, 6) is 0. The first-order valence-corrected chi connectivity index (χ1v) is 9.69. The van der Waals surface area contributed by atoms with Crippen LogP contribution in [0.3, 0.4) is 0 Å². The highest BCUT2D eigenvalue weighted by Gasteiger charge is 2.17. The maximum atomic E-state index is 12.7. The van der Waals surface area contributed by atoms with Crippen molar-refractivity contribution in [3.05, 3.63) is 65.0 Å². The molecule has 0 N–H and O–H groups in total. The predicted molar refractivity (Wildman–Crippen MR) is 110 cm³/mol. The van der Waals surface area contributed by atoms with E-state index in [0.29, 0.717) is 16.8 Å². The number of hydrogen-bond donors (Lipinski definition) is 0. The van der Waals surface area contributed by atoms with Gasteiger partial charge in [0.1, 0.15) is 11.3 Å². The van der Waals surface area contributed by atoms with Crippen LogP contribution >= 0.6 is 11.5 Å². The molecule has 2 aromatic heterocycles. The van der Waals surface area contributed by atoms with Gasteiger partial charge >= 0.3 is 5.63 Å². The van der Waals surface area contributed by atoms with Crippen molar-refractivity contribution in [2.45, 2.75) is 13.8 Å². The quantitative estimate of drug-likeness (QED) is 0.467. The summed E-state index contributed by atoms with van der Waals surface area (Å²) in [6.45, 7) is 6.01. The number of nitrogens with zero attached hydrogens (tertiary/aromatic N) is 3. The van der Waals surface area contributed by atoms with E-state index in [4.69, 9.17) is 4.42 Å². The molecule has 4 aromatic rings. The summed E-state index contributed by atoms with van der Waals surface area (Å²) in [6.07, 6.45) is 0. The predicted octanol–water partition coefficient (Wildman–Crippen LogP) is 4.82. The molecule has 0 saturated carbocycles. The van der Waals surface area contributed by atoms with E-state index in [1.165, 1.54) is 11.5 Å². The molecule has 0 bridgehead atoms. The van der Waals surface area contributed by atoms with Crippen molar-refractivity contribution < 1.29 is 4.42 Å². The van der Waals surface area contributed by atoms with E-state index in [-0.39, 0.29) is 0 Å². The molecule has 0 aliphatic rings. The van der Waals surface area contributed by atoms with Crippen molar-refractivity contribution >= 4 is 28.2 Å². The second-order valence-corrected chi connectivity index (χ2v) is 6.91.